The van der Waals surface area contributed by atoms with E-state index in [1.54, 1.807) is 4.90 Å². The van der Waals surface area contributed by atoms with Crippen molar-refractivity contribution in [1.29, 1.82) is 0 Å². The summed E-state index contributed by atoms with van der Waals surface area (Å²) in [4.78, 5) is 28.8. The van der Waals surface area contributed by atoms with Gasteiger partial charge in [0.15, 0.2) is 11.6 Å². The molecule has 2 atom stereocenters. The van der Waals surface area contributed by atoms with Gasteiger partial charge in [0.25, 0.3) is 5.56 Å². The molecule has 2 fully saturated rings. The Balaban J connectivity index is 1.86. The van der Waals surface area contributed by atoms with E-state index in [4.69, 9.17) is 4.74 Å². The Hall–Kier alpha value is -2.39. The molecule has 1 saturated carbocycles. The van der Waals surface area contributed by atoms with Crippen LogP contribution in [0.15, 0.2) is 15.7 Å². The van der Waals surface area contributed by atoms with Crippen LogP contribution in [0, 0.1) is 11.7 Å². The number of rotatable bonds is 5. The molecule has 0 bridgehead atoms. The van der Waals surface area contributed by atoms with Gasteiger partial charge in [-0.3, -0.25) is 14.3 Å². The molecule has 1 aliphatic heterocycles. The number of benzene rings is 1. The van der Waals surface area contributed by atoms with Gasteiger partial charge in [-0.05, 0) is 39.2 Å². The molecule has 4 rings (SSSR count). The Morgan fingerprint density at radius 3 is 2.59 bits per heavy atom. The molecule has 0 radical (unpaired) electrons. The topological polar surface area (TPSA) is 108 Å². The van der Waals surface area contributed by atoms with E-state index in [1.165, 1.54) is 25.5 Å². The van der Waals surface area contributed by atoms with E-state index >= 15 is 4.39 Å². The highest BCUT2D eigenvalue weighted by atomic mass is 19.1. The van der Waals surface area contributed by atoms with Gasteiger partial charge in [-0.25, -0.2) is 9.18 Å². The first-order valence-corrected chi connectivity index (χ1v) is 9.84. The molecule has 1 aliphatic carbocycles. The first-order valence-electron chi connectivity index (χ1n) is 9.84. The van der Waals surface area contributed by atoms with E-state index in [-0.39, 0.29) is 28.8 Å². The zero-order valence-electron chi connectivity index (χ0n) is 16.7. The molecule has 1 saturated heterocycles. The molecule has 3 N–H and O–H groups in total. The lowest BCUT2D eigenvalue weighted by atomic mass is 9.89. The van der Waals surface area contributed by atoms with Gasteiger partial charge >= 0.3 is 5.69 Å². The van der Waals surface area contributed by atoms with Crippen LogP contribution in [0.1, 0.15) is 39.2 Å². The van der Waals surface area contributed by atoms with E-state index in [9.17, 15) is 19.8 Å². The zero-order chi connectivity index (χ0) is 21.1. The Morgan fingerprint density at radius 1 is 1.31 bits per heavy atom. The summed E-state index contributed by atoms with van der Waals surface area (Å²) in [7, 11) is 1.39. The van der Waals surface area contributed by atoms with Crippen LogP contribution in [0.4, 0.5) is 10.1 Å². The lowest BCUT2D eigenvalue weighted by Gasteiger charge is -2.30. The van der Waals surface area contributed by atoms with Crippen molar-refractivity contribution in [2.45, 2.75) is 50.9 Å². The minimum atomic E-state index is -1.27. The summed E-state index contributed by atoms with van der Waals surface area (Å²) in [6, 6.07) is 1.10. The second kappa shape index (κ2) is 6.84. The molecule has 158 valence electrons. The van der Waals surface area contributed by atoms with Crippen LogP contribution in [0.3, 0.4) is 0 Å². The number of aliphatic hydroxyl groups is 2. The molecular weight excluding hydrogens is 381 g/mol. The van der Waals surface area contributed by atoms with Crippen LogP contribution in [0.25, 0.3) is 10.9 Å². The largest absolute Gasteiger partial charge is 0.492 e. The van der Waals surface area contributed by atoms with Gasteiger partial charge in [0, 0.05) is 25.0 Å². The molecule has 9 heteroatoms. The first-order chi connectivity index (χ1) is 13.6. The van der Waals surface area contributed by atoms with E-state index in [2.05, 4.69) is 4.98 Å². The number of hydrogen-bond donors (Lipinski definition) is 3. The van der Waals surface area contributed by atoms with Gasteiger partial charge in [0.2, 0.25) is 0 Å². The normalized spacial score (nSPS) is 21.0. The van der Waals surface area contributed by atoms with Gasteiger partial charge in [-0.2, -0.15) is 0 Å². The van der Waals surface area contributed by atoms with Crippen LogP contribution in [-0.4, -0.2) is 51.7 Å². The van der Waals surface area contributed by atoms with Gasteiger partial charge in [-0.1, -0.05) is 0 Å². The van der Waals surface area contributed by atoms with Crippen LogP contribution >= 0.6 is 0 Å². The highest BCUT2D eigenvalue weighted by Gasteiger charge is 2.39. The third-order valence-electron chi connectivity index (χ3n) is 5.93. The summed E-state index contributed by atoms with van der Waals surface area (Å²) >= 11 is 0. The molecule has 2 heterocycles. The maximum atomic E-state index is 15.1. The number of methoxy groups -OCH3 is 1. The van der Waals surface area contributed by atoms with Gasteiger partial charge in [-0.15, -0.1) is 0 Å². The predicted octanol–water partition coefficient (Wildman–Crippen LogP) is 1.13. The fraction of sp³-hybridized carbons (Fsp3) is 0.600. The maximum absolute atomic E-state index is 15.1. The number of anilines is 1. The molecule has 0 amide bonds. The number of aromatic nitrogens is 2. The molecule has 2 unspecified atom stereocenters. The molecule has 8 nitrogen and oxygen atoms in total. The third kappa shape index (κ3) is 3.32. The van der Waals surface area contributed by atoms with Crippen LogP contribution in [0.5, 0.6) is 5.75 Å². The minimum absolute atomic E-state index is 0.0441. The first kappa shape index (κ1) is 19.9. The van der Waals surface area contributed by atoms with Crippen molar-refractivity contribution in [3.05, 3.63) is 32.7 Å². The number of aliphatic hydroxyl groups excluding tert-OH is 1. The highest BCUT2D eigenvalue weighted by Crippen LogP contribution is 2.43. The number of nitrogens with one attached hydrogen (secondary N) is 1. The van der Waals surface area contributed by atoms with E-state index < -0.39 is 28.8 Å². The van der Waals surface area contributed by atoms with Crippen molar-refractivity contribution in [3.8, 4) is 5.75 Å². The van der Waals surface area contributed by atoms with Gasteiger partial charge < -0.3 is 19.8 Å². The Bertz CT molecular complexity index is 1070. The number of halogens is 1. The van der Waals surface area contributed by atoms with E-state index in [1.807, 2.05) is 0 Å². The van der Waals surface area contributed by atoms with E-state index in [0.29, 0.717) is 25.0 Å². The van der Waals surface area contributed by atoms with Crippen molar-refractivity contribution in [3.63, 3.8) is 0 Å². The fourth-order valence-corrected chi connectivity index (χ4v) is 4.34. The highest BCUT2D eigenvalue weighted by molar-refractivity contribution is 5.91. The summed E-state index contributed by atoms with van der Waals surface area (Å²) in [5, 5.41) is 20.6. The monoisotopic (exact) mass is 407 g/mol. The quantitative estimate of drug-likeness (QED) is 0.686. The lowest BCUT2D eigenvalue weighted by molar-refractivity contribution is -0.0723. The molecule has 1 aromatic heterocycles. The Morgan fingerprint density at radius 2 is 2.00 bits per heavy atom. The number of aromatic amines is 1. The number of hydrogen-bond acceptors (Lipinski definition) is 6. The smallest absolute Gasteiger partial charge is 0.329 e. The van der Waals surface area contributed by atoms with Crippen molar-refractivity contribution in [2.75, 3.05) is 25.1 Å². The number of fused-ring (bicyclic) bond motifs is 1. The average molecular weight is 407 g/mol. The standard InChI is InChI=1S/C20H26FN3O5/c1-20(2,28)17(25)10-6-7-23(9-10)15-13(21)8-12-14(16(15)29-3)24(11-4-5-11)19(27)22-18(12)26/h8,10-11,17,25,28H,4-7,9H2,1-3H3,(H,22,26,27). The Kier molecular flexibility index (Phi) is 4.70. The summed E-state index contributed by atoms with van der Waals surface area (Å²) in [5.74, 6) is -0.729. The van der Waals surface area contributed by atoms with E-state index in [0.717, 1.165) is 18.9 Å². The zero-order valence-corrected chi connectivity index (χ0v) is 16.7. The molecular formula is C20H26FN3O5. The second-order valence-electron chi connectivity index (χ2n) is 8.59. The minimum Gasteiger partial charge on any atom is -0.492 e. The molecule has 29 heavy (non-hydrogen) atoms. The van der Waals surface area contributed by atoms with Crippen molar-refractivity contribution in [1.82, 2.24) is 9.55 Å². The fourth-order valence-electron chi connectivity index (χ4n) is 4.34. The SMILES string of the molecule is COc1c(N2CCC(C(O)C(C)(C)O)C2)c(F)cc2c(=O)[nH]c(=O)n(C3CC3)c12. The Labute approximate surface area is 166 Å². The number of H-pyrrole nitrogens is 1. The summed E-state index contributed by atoms with van der Waals surface area (Å²) in [5.41, 5.74) is -1.98. The molecule has 2 aliphatic rings. The summed E-state index contributed by atoms with van der Waals surface area (Å²) in [6.45, 7) is 3.85. The summed E-state index contributed by atoms with van der Waals surface area (Å²) in [6.07, 6.45) is 1.21. The molecule has 0 spiro atoms. The van der Waals surface area contributed by atoms with Crippen molar-refractivity contribution in [2.24, 2.45) is 5.92 Å². The van der Waals surface area contributed by atoms with Crippen molar-refractivity contribution < 1.29 is 19.3 Å². The lowest BCUT2D eigenvalue weighted by Crippen LogP contribution is -2.42. The third-order valence-corrected chi connectivity index (χ3v) is 5.93. The average Bonchev–Trinajstić information content (AvgIpc) is 3.36. The molecule has 2 aromatic rings. The van der Waals surface area contributed by atoms with Crippen LogP contribution in [0.2, 0.25) is 0 Å². The predicted molar refractivity (Wildman–Crippen MR) is 106 cm³/mol. The number of ether oxygens (including phenoxy) is 1. The summed E-state index contributed by atoms with van der Waals surface area (Å²) < 4.78 is 22.2. The van der Waals surface area contributed by atoms with Gasteiger partial charge in [0.05, 0.1) is 24.2 Å². The van der Waals surface area contributed by atoms with Gasteiger partial charge in [0.1, 0.15) is 11.2 Å². The second-order valence-corrected chi connectivity index (χ2v) is 8.59. The molecule has 1 aromatic carbocycles. The van der Waals surface area contributed by atoms with Crippen molar-refractivity contribution >= 4 is 16.6 Å². The number of nitrogens with zero attached hydrogens (tertiary/aromatic N) is 2. The van der Waals surface area contributed by atoms with Crippen LogP contribution < -0.4 is 20.9 Å². The van der Waals surface area contributed by atoms with Crippen LogP contribution in [-0.2, 0) is 0 Å². The maximum Gasteiger partial charge on any atom is 0.329 e.